The normalized spacial score (nSPS) is 19.6. The minimum absolute atomic E-state index is 0.0234. The largest absolute Gasteiger partial charge is 0.342 e. The van der Waals surface area contributed by atoms with E-state index in [0.29, 0.717) is 28.6 Å². The fraction of sp³-hybridized carbons (Fsp3) is 0.500. The molecule has 2 amide bonds. The van der Waals surface area contributed by atoms with Gasteiger partial charge in [-0.2, -0.15) is 0 Å². The fourth-order valence-electron chi connectivity index (χ4n) is 2.89. The molecule has 22 heavy (non-hydrogen) atoms. The number of nitrogens with one attached hydrogen (secondary N) is 1. The molecule has 6 heteroatoms. The van der Waals surface area contributed by atoms with Crippen molar-refractivity contribution in [2.45, 2.75) is 32.1 Å². The molecular formula is C16H18Cl2N2O2. The summed E-state index contributed by atoms with van der Waals surface area (Å²) in [6, 6.07) is 4.92. The average molecular weight is 341 g/mol. The first-order valence-corrected chi connectivity index (χ1v) is 8.34. The Labute approximate surface area is 139 Å². The number of likely N-dealkylation sites (tertiary alicyclic amines) is 1. The van der Waals surface area contributed by atoms with Crippen LogP contribution in [-0.4, -0.2) is 29.8 Å². The molecule has 2 aliphatic rings. The van der Waals surface area contributed by atoms with Gasteiger partial charge in [-0.25, -0.2) is 0 Å². The third kappa shape index (κ3) is 2.95. The van der Waals surface area contributed by atoms with Crippen LogP contribution in [0.15, 0.2) is 18.2 Å². The van der Waals surface area contributed by atoms with E-state index in [1.54, 1.807) is 18.2 Å². The molecule has 0 unspecified atom stereocenters. The second kappa shape index (κ2) is 6.09. The summed E-state index contributed by atoms with van der Waals surface area (Å²) in [5.74, 6) is -0.258. The van der Waals surface area contributed by atoms with Crippen LogP contribution in [0.2, 0.25) is 10.0 Å². The van der Waals surface area contributed by atoms with Crippen LogP contribution < -0.4 is 5.32 Å². The molecule has 1 heterocycles. The number of benzene rings is 1. The van der Waals surface area contributed by atoms with Gasteiger partial charge >= 0.3 is 0 Å². The van der Waals surface area contributed by atoms with Crippen LogP contribution in [0.4, 0.5) is 5.69 Å². The number of rotatable bonds is 3. The minimum Gasteiger partial charge on any atom is -0.342 e. The van der Waals surface area contributed by atoms with Gasteiger partial charge in [0.25, 0.3) is 0 Å². The van der Waals surface area contributed by atoms with Gasteiger partial charge in [-0.3, -0.25) is 9.59 Å². The van der Waals surface area contributed by atoms with Crippen LogP contribution in [0.3, 0.4) is 0 Å². The minimum atomic E-state index is -0.872. The number of amides is 2. The maximum absolute atomic E-state index is 12.7. The van der Waals surface area contributed by atoms with Gasteiger partial charge in [-0.1, -0.05) is 23.2 Å². The Morgan fingerprint density at radius 3 is 2.32 bits per heavy atom. The van der Waals surface area contributed by atoms with E-state index in [2.05, 4.69) is 5.32 Å². The lowest BCUT2D eigenvalue weighted by Crippen LogP contribution is -2.45. The summed E-state index contributed by atoms with van der Waals surface area (Å²) in [6.45, 7) is 1.53. The van der Waals surface area contributed by atoms with Gasteiger partial charge in [-0.05, 0) is 50.3 Å². The summed E-state index contributed by atoms with van der Waals surface area (Å²) in [5.41, 5.74) is -0.305. The molecule has 1 aromatic rings. The Bertz CT molecular complexity index is 608. The van der Waals surface area contributed by atoms with Gasteiger partial charge in [0.2, 0.25) is 11.8 Å². The first kappa shape index (κ1) is 15.6. The van der Waals surface area contributed by atoms with E-state index in [9.17, 15) is 9.59 Å². The van der Waals surface area contributed by atoms with E-state index in [1.807, 2.05) is 4.90 Å². The van der Waals surface area contributed by atoms with Crippen molar-refractivity contribution in [1.29, 1.82) is 0 Å². The van der Waals surface area contributed by atoms with E-state index < -0.39 is 5.41 Å². The Morgan fingerprint density at radius 2 is 1.73 bits per heavy atom. The van der Waals surface area contributed by atoms with Gasteiger partial charge in [0.1, 0.15) is 5.41 Å². The Hall–Kier alpha value is -1.26. The lowest BCUT2D eigenvalue weighted by molar-refractivity contribution is -0.143. The number of hydrogen-bond acceptors (Lipinski definition) is 2. The molecule has 2 fully saturated rings. The molecule has 0 aromatic heterocycles. The van der Waals surface area contributed by atoms with Crippen molar-refractivity contribution < 1.29 is 9.59 Å². The van der Waals surface area contributed by atoms with Crippen molar-refractivity contribution in [3.8, 4) is 0 Å². The summed E-state index contributed by atoms with van der Waals surface area (Å²) in [6.07, 6.45) is 4.45. The summed E-state index contributed by atoms with van der Waals surface area (Å²) in [7, 11) is 0. The second-order valence-corrected chi connectivity index (χ2v) is 6.83. The molecule has 1 saturated carbocycles. The molecule has 0 spiro atoms. The molecule has 1 aromatic carbocycles. The number of hydrogen-bond donors (Lipinski definition) is 1. The first-order chi connectivity index (χ1) is 10.5. The predicted molar refractivity (Wildman–Crippen MR) is 87.2 cm³/mol. The maximum atomic E-state index is 12.7. The topological polar surface area (TPSA) is 49.4 Å². The summed E-state index contributed by atoms with van der Waals surface area (Å²) in [4.78, 5) is 27.0. The zero-order valence-electron chi connectivity index (χ0n) is 12.2. The van der Waals surface area contributed by atoms with Gasteiger partial charge < -0.3 is 10.2 Å². The highest BCUT2D eigenvalue weighted by molar-refractivity contribution is 6.42. The van der Waals surface area contributed by atoms with E-state index in [1.165, 1.54) is 0 Å². The zero-order valence-corrected chi connectivity index (χ0v) is 13.7. The number of anilines is 1. The molecule has 1 saturated heterocycles. The van der Waals surface area contributed by atoms with Crippen LogP contribution in [0, 0.1) is 5.41 Å². The molecule has 1 N–H and O–H groups in total. The number of halogens is 2. The highest BCUT2D eigenvalue weighted by atomic mass is 35.5. The van der Waals surface area contributed by atoms with Crippen LogP contribution >= 0.6 is 23.2 Å². The van der Waals surface area contributed by atoms with Crippen LogP contribution in [0.5, 0.6) is 0 Å². The van der Waals surface area contributed by atoms with Gasteiger partial charge in [0, 0.05) is 18.8 Å². The highest BCUT2D eigenvalue weighted by Crippen LogP contribution is 2.48. The van der Waals surface area contributed by atoms with E-state index >= 15 is 0 Å². The highest BCUT2D eigenvalue weighted by Gasteiger charge is 2.58. The van der Waals surface area contributed by atoms with Crippen molar-refractivity contribution in [1.82, 2.24) is 4.90 Å². The lowest BCUT2D eigenvalue weighted by atomic mass is 10.0. The second-order valence-electron chi connectivity index (χ2n) is 6.02. The quantitative estimate of drug-likeness (QED) is 0.852. The summed E-state index contributed by atoms with van der Waals surface area (Å²) >= 11 is 11.8. The molecule has 1 aliphatic heterocycles. The molecule has 1 aliphatic carbocycles. The average Bonchev–Trinajstić information content (AvgIpc) is 3.33. The molecule has 0 bridgehead atoms. The molecule has 3 rings (SSSR count). The number of carbonyl (C=O) groups is 2. The van der Waals surface area contributed by atoms with E-state index in [4.69, 9.17) is 23.2 Å². The van der Waals surface area contributed by atoms with Crippen LogP contribution in [0.1, 0.15) is 32.1 Å². The SMILES string of the molecule is O=C(Nc1ccc(Cl)c(Cl)c1)C1(C(=O)N2CCCCC2)CC1. The standard InChI is InChI=1S/C16H18Cl2N2O2/c17-12-5-4-11(10-13(12)18)19-14(21)16(6-7-16)15(22)20-8-2-1-3-9-20/h4-5,10H,1-3,6-9H2,(H,19,21). The summed E-state index contributed by atoms with van der Waals surface area (Å²) < 4.78 is 0. The summed E-state index contributed by atoms with van der Waals surface area (Å²) in [5, 5.41) is 3.62. The fourth-order valence-corrected chi connectivity index (χ4v) is 3.19. The van der Waals surface area contributed by atoms with Crippen molar-refractivity contribution in [3.05, 3.63) is 28.2 Å². The zero-order chi connectivity index (χ0) is 15.7. The van der Waals surface area contributed by atoms with Gasteiger partial charge in [0.05, 0.1) is 10.0 Å². The first-order valence-electron chi connectivity index (χ1n) is 7.59. The maximum Gasteiger partial charge on any atom is 0.240 e. The Morgan fingerprint density at radius 1 is 1.05 bits per heavy atom. The van der Waals surface area contributed by atoms with E-state index in [0.717, 1.165) is 32.4 Å². The molecule has 0 atom stereocenters. The molecule has 4 nitrogen and oxygen atoms in total. The van der Waals surface area contributed by atoms with Crippen molar-refractivity contribution in [2.24, 2.45) is 5.41 Å². The van der Waals surface area contributed by atoms with E-state index in [-0.39, 0.29) is 11.8 Å². The Balaban J connectivity index is 1.70. The van der Waals surface area contributed by atoms with Gasteiger partial charge in [-0.15, -0.1) is 0 Å². The van der Waals surface area contributed by atoms with Gasteiger partial charge in [0.15, 0.2) is 0 Å². The number of carbonyl (C=O) groups excluding carboxylic acids is 2. The van der Waals surface area contributed by atoms with Crippen molar-refractivity contribution >= 4 is 40.7 Å². The third-order valence-corrected chi connectivity index (χ3v) is 5.15. The Kier molecular flexibility index (Phi) is 4.33. The smallest absolute Gasteiger partial charge is 0.240 e. The van der Waals surface area contributed by atoms with Crippen LogP contribution in [0.25, 0.3) is 0 Å². The number of nitrogens with zero attached hydrogens (tertiary/aromatic N) is 1. The third-order valence-electron chi connectivity index (χ3n) is 4.41. The lowest BCUT2D eigenvalue weighted by Gasteiger charge is -2.30. The van der Waals surface area contributed by atoms with Crippen molar-refractivity contribution in [2.75, 3.05) is 18.4 Å². The predicted octanol–water partition coefficient (Wildman–Crippen LogP) is 3.72. The van der Waals surface area contributed by atoms with Crippen LogP contribution in [-0.2, 0) is 9.59 Å². The molecule has 118 valence electrons. The number of piperidine rings is 1. The molecular weight excluding hydrogens is 323 g/mol. The van der Waals surface area contributed by atoms with Crippen molar-refractivity contribution in [3.63, 3.8) is 0 Å². The monoisotopic (exact) mass is 340 g/mol. The molecule has 0 radical (unpaired) electrons.